The van der Waals surface area contributed by atoms with Crippen molar-refractivity contribution in [2.75, 3.05) is 17.7 Å². The van der Waals surface area contributed by atoms with Gasteiger partial charge in [-0.15, -0.1) is 11.3 Å². The molecule has 2 aromatic carbocycles. The number of esters is 1. The highest BCUT2D eigenvalue weighted by Crippen LogP contribution is 2.38. The standard InChI is InChI=1S/C26H26N4O2S2/c1-32-25(31)23-20-12-3-2-4-13-21(20)34-24(23)28-26(33)27-22-14-15-30(29-22)16-18-10-7-9-17-8-5-6-11-19(17)18/h5-11,14-15H,2-4,12-13,16H2,1H3,(H2,27,28,29,33). The summed E-state index contributed by atoms with van der Waals surface area (Å²) in [7, 11) is 1.42. The van der Waals surface area contributed by atoms with Crippen molar-refractivity contribution < 1.29 is 9.53 Å². The van der Waals surface area contributed by atoms with Gasteiger partial charge in [0.05, 0.1) is 19.2 Å². The second kappa shape index (κ2) is 9.95. The third kappa shape index (κ3) is 4.69. The van der Waals surface area contributed by atoms with E-state index in [1.165, 1.54) is 34.7 Å². The summed E-state index contributed by atoms with van der Waals surface area (Å²) < 4.78 is 6.97. The Balaban J connectivity index is 1.30. The van der Waals surface area contributed by atoms with Crippen LogP contribution in [0.2, 0.25) is 0 Å². The first-order chi connectivity index (χ1) is 16.6. The molecule has 5 rings (SSSR count). The Labute approximate surface area is 207 Å². The molecule has 0 fully saturated rings. The zero-order chi connectivity index (χ0) is 23.5. The maximum Gasteiger partial charge on any atom is 0.341 e. The van der Waals surface area contributed by atoms with Crippen LogP contribution in [0.5, 0.6) is 0 Å². The minimum Gasteiger partial charge on any atom is -0.465 e. The van der Waals surface area contributed by atoms with Crippen LogP contribution in [0, 0.1) is 0 Å². The van der Waals surface area contributed by atoms with Crippen LogP contribution < -0.4 is 10.6 Å². The number of benzene rings is 2. The van der Waals surface area contributed by atoms with Crippen LogP contribution in [0.3, 0.4) is 0 Å². The van der Waals surface area contributed by atoms with Crippen LogP contribution >= 0.6 is 23.6 Å². The van der Waals surface area contributed by atoms with Crippen molar-refractivity contribution in [1.82, 2.24) is 9.78 Å². The van der Waals surface area contributed by atoms with Crippen LogP contribution in [0.1, 0.15) is 45.6 Å². The number of rotatable bonds is 5. The summed E-state index contributed by atoms with van der Waals surface area (Å²) in [5.41, 5.74) is 2.94. The number of aryl methyl sites for hydroxylation is 1. The van der Waals surface area contributed by atoms with Gasteiger partial charge in [0.2, 0.25) is 0 Å². The van der Waals surface area contributed by atoms with Crippen LogP contribution in [0.4, 0.5) is 10.8 Å². The number of fused-ring (bicyclic) bond motifs is 2. The number of ether oxygens (including phenoxy) is 1. The average molecular weight is 491 g/mol. The number of hydrogen-bond donors (Lipinski definition) is 2. The molecule has 2 heterocycles. The Morgan fingerprint density at radius 3 is 2.79 bits per heavy atom. The molecular weight excluding hydrogens is 464 g/mol. The molecule has 1 aliphatic rings. The number of thiocarbonyl (C=S) groups is 1. The van der Waals surface area contributed by atoms with Gasteiger partial charge in [-0.1, -0.05) is 48.9 Å². The first kappa shape index (κ1) is 22.6. The highest BCUT2D eigenvalue weighted by atomic mass is 32.1. The first-order valence-electron chi connectivity index (χ1n) is 11.4. The van der Waals surface area contributed by atoms with E-state index in [1.54, 1.807) is 11.3 Å². The van der Waals surface area contributed by atoms with Crippen molar-refractivity contribution in [2.45, 2.75) is 38.6 Å². The van der Waals surface area contributed by atoms with E-state index >= 15 is 0 Å². The molecular formula is C26H26N4O2S2. The zero-order valence-corrected chi connectivity index (χ0v) is 20.6. The summed E-state index contributed by atoms with van der Waals surface area (Å²) in [5.74, 6) is 0.333. The number of thiophene rings is 1. The molecule has 174 valence electrons. The lowest BCUT2D eigenvalue weighted by molar-refractivity contribution is 0.0601. The molecule has 0 aliphatic heterocycles. The number of carbonyl (C=O) groups is 1. The summed E-state index contributed by atoms with van der Waals surface area (Å²) in [5, 5.41) is 14.6. The van der Waals surface area contributed by atoms with Gasteiger partial charge in [-0.25, -0.2) is 4.79 Å². The van der Waals surface area contributed by atoms with Crippen molar-refractivity contribution in [2.24, 2.45) is 0 Å². The van der Waals surface area contributed by atoms with E-state index in [0.717, 1.165) is 36.2 Å². The van der Waals surface area contributed by atoms with Crippen molar-refractivity contribution >= 4 is 56.2 Å². The lowest BCUT2D eigenvalue weighted by Gasteiger charge is -2.10. The fourth-order valence-corrected chi connectivity index (χ4v) is 6.07. The average Bonchev–Trinajstić information content (AvgIpc) is 3.34. The van der Waals surface area contributed by atoms with Crippen LogP contribution in [-0.4, -0.2) is 28.0 Å². The molecule has 2 N–H and O–H groups in total. The molecule has 2 aromatic heterocycles. The van der Waals surface area contributed by atoms with Crippen molar-refractivity contribution in [1.29, 1.82) is 0 Å². The third-order valence-electron chi connectivity index (χ3n) is 6.13. The molecule has 0 unspecified atom stereocenters. The summed E-state index contributed by atoms with van der Waals surface area (Å²) in [6.45, 7) is 0.660. The van der Waals surface area contributed by atoms with E-state index in [9.17, 15) is 4.79 Å². The van der Waals surface area contributed by atoms with E-state index < -0.39 is 0 Å². The Morgan fingerprint density at radius 2 is 1.91 bits per heavy atom. The number of nitrogens with one attached hydrogen (secondary N) is 2. The van der Waals surface area contributed by atoms with Gasteiger partial charge in [0.25, 0.3) is 0 Å². The predicted octanol–water partition coefficient (Wildman–Crippen LogP) is 6.01. The number of aromatic nitrogens is 2. The normalized spacial score (nSPS) is 13.2. The highest BCUT2D eigenvalue weighted by molar-refractivity contribution is 7.80. The smallest absolute Gasteiger partial charge is 0.341 e. The minimum atomic E-state index is -0.316. The van der Waals surface area contributed by atoms with E-state index in [4.69, 9.17) is 17.0 Å². The summed E-state index contributed by atoms with van der Waals surface area (Å²) in [4.78, 5) is 13.8. The molecule has 34 heavy (non-hydrogen) atoms. The summed E-state index contributed by atoms with van der Waals surface area (Å²) in [6, 6.07) is 16.6. The van der Waals surface area contributed by atoms with Gasteiger partial charge in [0.15, 0.2) is 10.9 Å². The van der Waals surface area contributed by atoms with E-state index in [0.29, 0.717) is 23.0 Å². The molecule has 0 radical (unpaired) electrons. The van der Waals surface area contributed by atoms with Gasteiger partial charge in [0.1, 0.15) is 5.00 Å². The van der Waals surface area contributed by atoms with Crippen molar-refractivity contribution in [3.05, 3.63) is 76.3 Å². The number of methoxy groups -OCH3 is 1. The van der Waals surface area contributed by atoms with E-state index in [1.807, 2.05) is 23.0 Å². The fraction of sp³-hybridized carbons (Fsp3) is 0.269. The number of carbonyl (C=O) groups excluding carboxylic acids is 1. The van der Waals surface area contributed by atoms with Crippen LogP contribution in [-0.2, 0) is 24.1 Å². The SMILES string of the molecule is COC(=O)c1c(NC(=S)Nc2ccn(Cc3cccc4ccccc34)n2)sc2c1CCCCC2. The second-order valence-corrected chi connectivity index (χ2v) is 9.89. The Bertz CT molecular complexity index is 1350. The molecule has 1 aliphatic carbocycles. The van der Waals surface area contributed by atoms with Gasteiger partial charge in [-0.2, -0.15) is 5.10 Å². The van der Waals surface area contributed by atoms with E-state index in [-0.39, 0.29) is 5.97 Å². The molecule has 0 saturated heterocycles. The summed E-state index contributed by atoms with van der Waals surface area (Å²) >= 11 is 7.15. The number of anilines is 2. The molecule has 0 spiro atoms. The lowest BCUT2D eigenvalue weighted by atomic mass is 10.0. The number of nitrogens with zero attached hydrogens (tertiary/aromatic N) is 2. The fourth-order valence-electron chi connectivity index (χ4n) is 4.52. The first-order valence-corrected chi connectivity index (χ1v) is 12.7. The Kier molecular flexibility index (Phi) is 6.60. The molecule has 4 aromatic rings. The maximum atomic E-state index is 12.6. The van der Waals surface area contributed by atoms with Gasteiger partial charge < -0.3 is 15.4 Å². The molecule has 0 amide bonds. The second-order valence-electron chi connectivity index (χ2n) is 8.38. The van der Waals surface area contributed by atoms with E-state index in [2.05, 4.69) is 52.1 Å². The topological polar surface area (TPSA) is 68.2 Å². The Morgan fingerprint density at radius 1 is 1.09 bits per heavy atom. The van der Waals surface area contributed by atoms with Gasteiger partial charge >= 0.3 is 5.97 Å². The highest BCUT2D eigenvalue weighted by Gasteiger charge is 2.25. The third-order valence-corrected chi connectivity index (χ3v) is 7.54. The molecule has 6 nitrogen and oxygen atoms in total. The largest absolute Gasteiger partial charge is 0.465 e. The van der Waals surface area contributed by atoms with Crippen LogP contribution in [0.15, 0.2) is 54.7 Å². The quantitative estimate of drug-likeness (QED) is 0.203. The van der Waals surface area contributed by atoms with Gasteiger partial charge in [-0.05, 0) is 59.8 Å². The lowest BCUT2D eigenvalue weighted by Crippen LogP contribution is -2.20. The number of hydrogen-bond acceptors (Lipinski definition) is 5. The Hall–Kier alpha value is -3.23. The maximum absolute atomic E-state index is 12.6. The van der Waals surface area contributed by atoms with Crippen LogP contribution in [0.25, 0.3) is 10.8 Å². The zero-order valence-electron chi connectivity index (χ0n) is 19.0. The van der Waals surface area contributed by atoms with Crippen molar-refractivity contribution in [3.63, 3.8) is 0 Å². The van der Waals surface area contributed by atoms with Gasteiger partial charge in [0, 0.05) is 17.1 Å². The predicted molar refractivity (Wildman–Crippen MR) is 142 cm³/mol. The molecule has 0 bridgehead atoms. The van der Waals surface area contributed by atoms with Crippen molar-refractivity contribution in [3.8, 4) is 0 Å². The minimum absolute atomic E-state index is 0.316. The molecule has 0 atom stereocenters. The monoisotopic (exact) mass is 490 g/mol. The van der Waals surface area contributed by atoms with Gasteiger partial charge in [-0.3, -0.25) is 4.68 Å². The molecule has 8 heteroatoms. The summed E-state index contributed by atoms with van der Waals surface area (Å²) in [6.07, 6.45) is 7.24. The molecule has 0 saturated carbocycles.